The van der Waals surface area contributed by atoms with Crippen molar-refractivity contribution < 1.29 is 121 Å². The average molecular weight is 2210 g/mol. The first-order valence-electron chi connectivity index (χ1n) is 45.9. The van der Waals surface area contributed by atoms with Crippen LogP contribution in [0, 0.1) is 44.0 Å². The van der Waals surface area contributed by atoms with Gasteiger partial charge in [-0.3, -0.25) is 52.7 Å². The molecule has 32 nitrogen and oxygen atoms in total. The van der Waals surface area contributed by atoms with Gasteiger partial charge in [-0.15, -0.1) is 34.0 Å². The van der Waals surface area contributed by atoms with Crippen LogP contribution in [0.25, 0.3) is 0 Å². The van der Waals surface area contributed by atoms with Crippen LogP contribution in [-0.2, 0) is 42.0 Å². The lowest BCUT2D eigenvalue weighted by Crippen LogP contribution is -2.84. The number of carbonyl (C=O) groups is 11. The van der Waals surface area contributed by atoms with E-state index < -0.39 is 63.6 Å². The average Bonchev–Trinajstić information content (AvgIpc) is 0.872. The van der Waals surface area contributed by atoms with Gasteiger partial charge in [0, 0.05) is 110 Å². The molecule has 11 amide bonds. The number of thiazole rings is 1. The number of halogens is 12. The number of ether oxygens (including phenoxy) is 8. The van der Waals surface area contributed by atoms with Crippen molar-refractivity contribution in [1.82, 2.24) is 62.7 Å². The Morgan fingerprint density at radius 1 is 0.415 bits per heavy atom. The van der Waals surface area contributed by atoms with Gasteiger partial charge in [-0.1, -0.05) is 69.3 Å². The highest BCUT2D eigenvalue weighted by Gasteiger charge is 2.73. The molecule has 0 unspecified atom stereocenters. The number of fused-ring (bicyclic) bond motifs is 1. The number of aryl methyl sites for hydroxylation is 4. The number of carbonyl (C=O) groups excluding carboxylic acids is 11. The van der Waals surface area contributed by atoms with E-state index in [0.29, 0.717) is 129 Å². The predicted octanol–water partition coefficient (Wildman–Crippen LogP) is 15.9. The Bertz CT molecular complexity index is 6840. The number of thiophene rings is 3. The third-order valence-corrected chi connectivity index (χ3v) is 32.6. The zero-order valence-corrected chi connectivity index (χ0v) is 86.1. The van der Waals surface area contributed by atoms with E-state index >= 15 is 0 Å². The van der Waals surface area contributed by atoms with Gasteiger partial charge in [0.15, 0.2) is 44.5 Å². The maximum Gasteiger partial charge on any atom is 0.432 e. The van der Waals surface area contributed by atoms with E-state index in [1.165, 1.54) is 121 Å². The van der Waals surface area contributed by atoms with Gasteiger partial charge in [-0.25, -0.2) is 22.5 Å². The van der Waals surface area contributed by atoms with Crippen molar-refractivity contribution in [2.24, 2.45) is 7.05 Å². The Hall–Kier alpha value is -12.4. The van der Waals surface area contributed by atoms with Crippen LogP contribution in [0.2, 0.25) is 25.1 Å². The summed E-state index contributed by atoms with van der Waals surface area (Å²) >= 11 is 33.7. The summed E-state index contributed by atoms with van der Waals surface area (Å²) in [5.41, 5.74) is -1.74. The minimum atomic E-state index is -4.65. The molecule has 11 N–H and O–H groups in total. The normalized spacial score (nSPS) is 24.5. The number of anilines is 1. The Morgan fingerprint density at radius 2 is 0.762 bits per heavy atom. The summed E-state index contributed by atoms with van der Waals surface area (Å²) in [7, 11) is 2.74. The van der Waals surface area contributed by atoms with Crippen molar-refractivity contribution in [3.05, 3.63) is 228 Å². The molecule has 15 fully saturated rings. The van der Waals surface area contributed by atoms with Crippen LogP contribution in [0.5, 0.6) is 45.4 Å². The van der Waals surface area contributed by atoms with Crippen LogP contribution in [0.1, 0.15) is 175 Å². The summed E-state index contributed by atoms with van der Waals surface area (Å²) in [6, 6.07) is 25.8. The van der Waals surface area contributed by atoms with Crippen molar-refractivity contribution >= 4 is 173 Å². The number of hydrogen-bond acceptors (Lipinski definition) is 24. The zero-order chi connectivity index (χ0) is 105. The number of hydrogen-bond donors (Lipinski definition) is 11. The standard InChI is InChI=1S/C21H21ClN2O5S.C20H18ClF4N3O3.C20H19ClFN3O4S.C19H19ClFN3O4S.C19H18ClFN2O3S/c1-12-6-13(2-3-14(12)22)29-7-16(25)23-20-9-21(10-20,11-20)24-19(26)18-17-15(8-30-18)27-4-5-28-17;1-28-5-4-12(16(28)20(23,24)25)17(30)27-19-8-18(9-19,10-19)26-15(29)7-31-11-2-3-13(21)14(22)6-11;1-11(26)23-18-13(4-5-30-18)17(28)25-20-8-19(9-20,10-20)24-16(27)7-29-12-2-3-14(21)15(22)6-12;1-10-15(29-17(22-10)27-2)16(26)24-19-7-18(8-19,9-19)23-14(25)6-28-11-3-4-12(20)13(21)5-11;1-11-4-15(27-7-11)17(25)23-19-8-18(9-19,10-19)22-16(24)6-26-12-2-3-13(20)14(21)5-12/h2-3,6,8H,4-5,7,9-11H2,1H3,(H,23,25)(H,24,26);2-6H,7-10H2,1H3,(H,26,29)(H,27,30);2-6H,7-10H2,1H3,(H,23,26)(H,24,27)(H,25,28);3-5H,6-9H2,1-2H3,(H,23,25)(H,24,26);2-5,7H,6,8-10H2,1H3,(H,22,24)(H,23,25). The quantitative estimate of drug-likeness (QED) is 0.0174. The Morgan fingerprint density at radius 3 is 1.11 bits per heavy atom. The Balaban J connectivity index is 0.000000126. The third-order valence-electron chi connectivity index (χ3n) is 27.0. The van der Waals surface area contributed by atoms with Gasteiger partial charge < -0.3 is 101 Å². The molecule has 5 aromatic carbocycles. The lowest BCUT2D eigenvalue weighted by Gasteiger charge is -2.70. The summed E-state index contributed by atoms with van der Waals surface area (Å²) in [4.78, 5) is 141. The number of nitrogens with zero attached hydrogens (tertiary/aromatic N) is 2. The van der Waals surface area contributed by atoms with Crippen molar-refractivity contribution in [1.29, 1.82) is 0 Å². The van der Waals surface area contributed by atoms with Crippen LogP contribution in [0.3, 0.4) is 0 Å². The maximum absolute atomic E-state index is 13.4. The Kier molecular flexibility index (Phi) is 29.8. The smallest absolute Gasteiger partial charge is 0.432 e. The molecule has 15 aliphatic carbocycles. The number of rotatable bonds is 32. The third kappa shape index (κ3) is 23.5. The van der Waals surface area contributed by atoms with Gasteiger partial charge in [0.05, 0.1) is 48.9 Å². The minimum Gasteiger partial charge on any atom is -0.485 e. The predicted molar refractivity (Wildman–Crippen MR) is 531 cm³/mol. The first-order chi connectivity index (χ1) is 69.5. The van der Waals surface area contributed by atoms with Gasteiger partial charge in [-0.2, -0.15) is 13.2 Å². The lowest BCUT2D eigenvalue weighted by atomic mass is 9.44. The molecule has 0 saturated heterocycles. The fourth-order valence-corrected chi connectivity index (χ4v) is 25.0. The number of methoxy groups -OCH3 is 1. The molecule has 16 aliphatic rings. The second-order valence-electron chi connectivity index (χ2n) is 39.2. The van der Waals surface area contributed by atoms with E-state index in [9.17, 15) is 83.5 Å². The number of amides is 11. The highest BCUT2D eigenvalue weighted by atomic mass is 35.5. The molecule has 10 bridgehead atoms. The molecule has 26 rings (SSSR count). The molecular weight excluding hydrogens is 2110 g/mol. The second-order valence-corrected chi connectivity index (χ2v) is 44.9. The summed E-state index contributed by atoms with van der Waals surface area (Å²) < 4.78 is 137. The van der Waals surface area contributed by atoms with Crippen LogP contribution in [0.4, 0.5) is 35.7 Å². The molecule has 147 heavy (non-hydrogen) atoms. The van der Waals surface area contributed by atoms with E-state index in [1.54, 1.807) is 41.9 Å². The molecule has 5 aromatic heterocycles. The molecule has 0 radical (unpaired) electrons. The monoisotopic (exact) mass is 2210 g/mol. The largest absolute Gasteiger partial charge is 0.485 e. The molecule has 778 valence electrons. The van der Waals surface area contributed by atoms with Gasteiger partial charge in [-0.05, 0) is 224 Å². The molecule has 0 spiro atoms. The molecule has 15 saturated carbocycles. The van der Waals surface area contributed by atoms with E-state index in [-0.39, 0.29) is 174 Å². The van der Waals surface area contributed by atoms with Crippen molar-refractivity contribution in [3.8, 4) is 45.4 Å². The van der Waals surface area contributed by atoms with Crippen LogP contribution in [0.15, 0.2) is 132 Å². The molecule has 10 aromatic rings. The van der Waals surface area contributed by atoms with Crippen molar-refractivity contribution in [2.75, 3.05) is 58.7 Å². The van der Waals surface area contributed by atoms with Gasteiger partial charge in [0.25, 0.3) is 64.3 Å². The summed E-state index contributed by atoms with van der Waals surface area (Å²) in [5.74, 6) is -2.92. The number of nitrogens with one attached hydrogen (secondary N) is 11. The second kappa shape index (κ2) is 41.3. The summed E-state index contributed by atoms with van der Waals surface area (Å²) in [6.45, 7) is 6.90. The first kappa shape index (κ1) is 106. The molecule has 0 atom stereocenters. The molecule has 1 aliphatic heterocycles. The minimum absolute atomic E-state index is 0.00465. The van der Waals surface area contributed by atoms with Gasteiger partial charge in [0.2, 0.25) is 5.91 Å². The first-order valence-corrected chi connectivity index (χ1v) is 51.2. The fraction of sp³-hybridized carbons (Fsp3) is 0.394. The highest BCUT2D eigenvalue weighted by molar-refractivity contribution is 7.15. The molecule has 6 heterocycles. The van der Waals surface area contributed by atoms with E-state index in [0.717, 1.165) is 84.6 Å². The van der Waals surface area contributed by atoms with Crippen LogP contribution in [-0.4, -0.2) is 183 Å². The Labute approximate surface area is 876 Å². The highest BCUT2D eigenvalue weighted by Crippen LogP contribution is 2.65. The summed E-state index contributed by atoms with van der Waals surface area (Å²) in [6.07, 6.45) is 6.03. The number of benzene rings is 5. The fourth-order valence-electron chi connectivity index (χ4n) is 21.2. The van der Waals surface area contributed by atoms with E-state index in [1.807, 2.05) is 25.3 Å². The number of aromatic nitrogens is 2. The van der Waals surface area contributed by atoms with Crippen LogP contribution < -0.4 is 96.4 Å². The zero-order valence-electron chi connectivity index (χ0n) is 79.1. The topological polar surface area (TPSA) is 412 Å². The van der Waals surface area contributed by atoms with Gasteiger partial charge >= 0.3 is 6.18 Å². The van der Waals surface area contributed by atoms with E-state index in [2.05, 4.69) is 63.5 Å². The summed E-state index contributed by atoms with van der Waals surface area (Å²) in [5, 5.41) is 39.4. The van der Waals surface area contributed by atoms with Crippen molar-refractivity contribution in [3.63, 3.8) is 0 Å². The van der Waals surface area contributed by atoms with Gasteiger partial charge in [0.1, 0.15) is 85.7 Å². The maximum atomic E-state index is 13.4. The number of alkyl halides is 3. The lowest BCUT2D eigenvalue weighted by molar-refractivity contribution is -0.145. The van der Waals surface area contributed by atoms with Crippen LogP contribution >= 0.6 is 103 Å². The van der Waals surface area contributed by atoms with E-state index in [4.69, 9.17) is 95.9 Å². The SMILES string of the molecule is CC(=O)Nc1sccc1C(=O)NC12CC(NC(=O)COc3ccc(Cl)c(F)c3)(C1)C2.COc1nc(C)c(C(=O)NC23CC(NC(=O)COc4ccc(Cl)c(F)c4)(C2)C3)s1.Cc1cc(OCC(=O)NC23CC(NC(=O)c4scc5c4OCCO5)(C2)C3)ccc1Cl.Cc1csc(C(=O)NC23CC(NC(=O)COc4ccc(Cl)c(F)c4)(C2)C3)c1.Cn1ccc(C(=O)NC23CC(NC(=O)COc4ccc(Cl)c(F)c4)(C2)C3)c1C(F)(F)F. The van der Waals surface area contributed by atoms with Crippen molar-refractivity contribution in [2.45, 2.75) is 186 Å². The molecular formula is C99H95Cl5F7N13O19S4. The molecule has 48 heteroatoms.